The van der Waals surface area contributed by atoms with E-state index in [9.17, 15) is 14.7 Å². The molecule has 1 fully saturated rings. The van der Waals surface area contributed by atoms with Gasteiger partial charge in [0.25, 0.3) is 0 Å². The number of ketones is 1. The molecule has 7 heteroatoms. The topological polar surface area (TPSA) is 87.5 Å². The van der Waals surface area contributed by atoms with Gasteiger partial charge in [0.05, 0.1) is 6.10 Å². The van der Waals surface area contributed by atoms with Crippen LogP contribution in [-0.2, 0) is 4.79 Å². The monoisotopic (exact) mass is 423 g/mol. The minimum absolute atomic E-state index is 0.0169. The second kappa shape index (κ2) is 11.5. The highest BCUT2D eigenvalue weighted by atomic mass is 32.2. The van der Waals surface area contributed by atoms with Crippen molar-refractivity contribution in [3.05, 3.63) is 35.4 Å². The number of nitrogens with zero attached hydrogens (tertiary/aromatic N) is 1. The summed E-state index contributed by atoms with van der Waals surface area (Å²) >= 11 is 2.84. The molecule has 1 aliphatic carbocycles. The number of rotatable bonds is 12. The van der Waals surface area contributed by atoms with Gasteiger partial charge in [-0.25, -0.2) is 9.78 Å². The molecule has 1 heterocycles. The van der Waals surface area contributed by atoms with E-state index in [0.29, 0.717) is 18.6 Å². The van der Waals surface area contributed by atoms with Gasteiger partial charge >= 0.3 is 5.97 Å². The molecular formula is C21H29NO4S2. The summed E-state index contributed by atoms with van der Waals surface area (Å²) in [5.74, 6) is 0.296. The molecule has 1 aromatic rings. The standard InChI is InChI=1S/C21H29NO4S2/c1-14(2)5-3-7-16(23)8-4-6-15-9-10-19(24)17(15)11-12-27-21-22-18(13-28-21)20(25)26/h4,6,13,15-17,23H,1,3,5,7-12H2,2H3,(H,25,26)/b6-4+/t15-,16+,17-/m1/s1. The number of aromatic carboxylic acids is 1. The van der Waals surface area contributed by atoms with E-state index in [1.54, 1.807) is 5.38 Å². The lowest BCUT2D eigenvalue weighted by molar-refractivity contribution is -0.121. The van der Waals surface area contributed by atoms with Crippen LogP contribution in [0.4, 0.5) is 0 Å². The van der Waals surface area contributed by atoms with Crippen molar-refractivity contribution in [2.45, 2.75) is 62.3 Å². The van der Waals surface area contributed by atoms with Crippen LogP contribution in [0.25, 0.3) is 0 Å². The van der Waals surface area contributed by atoms with Gasteiger partial charge in [0.15, 0.2) is 10.0 Å². The molecule has 28 heavy (non-hydrogen) atoms. The van der Waals surface area contributed by atoms with Crippen molar-refractivity contribution in [3.63, 3.8) is 0 Å². The molecule has 1 aliphatic rings. The number of aliphatic hydroxyl groups is 1. The molecule has 0 saturated heterocycles. The molecule has 0 bridgehead atoms. The maximum absolute atomic E-state index is 12.2. The van der Waals surface area contributed by atoms with E-state index in [0.717, 1.165) is 47.8 Å². The second-order valence-corrected chi connectivity index (χ2v) is 9.58. The Kier molecular flexibility index (Phi) is 9.41. The Bertz CT molecular complexity index is 713. The lowest BCUT2D eigenvalue weighted by Gasteiger charge is -2.15. The minimum atomic E-state index is -1.01. The number of carboxylic acid groups (broad SMARTS) is 1. The molecule has 154 valence electrons. The Balaban J connectivity index is 1.75. The number of thiazole rings is 1. The fourth-order valence-corrected chi connectivity index (χ4v) is 5.30. The van der Waals surface area contributed by atoms with Crippen molar-refractivity contribution in [2.24, 2.45) is 11.8 Å². The Morgan fingerprint density at radius 3 is 3.00 bits per heavy atom. The molecule has 0 unspecified atom stereocenters. The quantitative estimate of drug-likeness (QED) is 0.364. The van der Waals surface area contributed by atoms with Gasteiger partial charge in [-0.3, -0.25) is 4.79 Å². The third-order valence-electron chi connectivity index (χ3n) is 4.94. The zero-order chi connectivity index (χ0) is 20.5. The average molecular weight is 424 g/mol. The van der Waals surface area contributed by atoms with Gasteiger partial charge in [0.2, 0.25) is 0 Å². The highest BCUT2D eigenvalue weighted by Crippen LogP contribution is 2.34. The number of carbonyl (C=O) groups is 2. The van der Waals surface area contributed by atoms with Gasteiger partial charge in [-0.15, -0.1) is 17.9 Å². The molecule has 5 nitrogen and oxygen atoms in total. The van der Waals surface area contributed by atoms with Crippen LogP contribution in [0.2, 0.25) is 0 Å². The van der Waals surface area contributed by atoms with Crippen LogP contribution < -0.4 is 0 Å². The molecule has 0 radical (unpaired) electrons. The number of thioether (sulfide) groups is 1. The highest BCUT2D eigenvalue weighted by molar-refractivity contribution is 8.01. The number of hydrogen-bond acceptors (Lipinski definition) is 6. The summed E-state index contributed by atoms with van der Waals surface area (Å²) in [5.41, 5.74) is 1.22. The first-order valence-corrected chi connectivity index (χ1v) is 11.6. The maximum Gasteiger partial charge on any atom is 0.355 e. The van der Waals surface area contributed by atoms with Crippen LogP contribution in [0.5, 0.6) is 0 Å². The molecule has 0 amide bonds. The first kappa shape index (κ1) is 22.8. The van der Waals surface area contributed by atoms with E-state index in [4.69, 9.17) is 5.11 Å². The summed E-state index contributed by atoms with van der Waals surface area (Å²) in [7, 11) is 0. The second-order valence-electron chi connectivity index (χ2n) is 7.38. The van der Waals surface area contributed by atoms with Crippen molar-refractivity contribution >= 4 is 34.9 Å². The average Bonchev–Trinajstić information content (AvgIpc) is 3.23. The Labute approximate surface area is 175 Å². The van der Waals surface area contributed by atoms with Crippen molar-refractivity contribution in [1.82, 2.24) is 4.98 Å². The molecule has 2 rings (SSSR count). The SMILES string of the molecule is C=C(C)CCC[C@H](O)C/C=C/[C@@H]1CCC(=O)[C@@H]1CCSc1nc(C(=O)O)cs1. The van der Waals surface area contributed by atoms with Gasteiger partial charge in [0.1, 0.15) is 5.78 Å². The van der Waals surface area contributed by atoms with Crippen molar-refractivity contribution in [2.75, 3.05) is 5.75 Å². The summed E-state index contributed by atoms with van der Waals surface area (Å²) in [4.78, 5) is 27.2. The Morgan fingerprint density at radius 2 is 2.32 bits per heavy atom. The zero-order valence-electron chi connectivity index (χ0n) is 16.3. The fraction of sp³-hybridized carbons (Fsp3) is 0.571. The number of allylic oxidation sites excluding steroid dienone is 2. The van der Waals surface area contributed by atoms with E-state index >= 15 is 0 Å². The first-order valence-electron chi connectivity index (χ1n) is 9.70. The molecule has 0 aliphatic heterocycles. The smallest absolute Gasteiger partial charge is 0.355 e. The number of Topliss-reactive ketones (excluding diaryl/α,β-unsaturated/α-hetero) is 1. The lowest BCUT2D eigenvalue weighted by atomic mass is 9.92. The third kappa shape index (κ3) is 7.53. The van der Waals surface area contributed by atoms with Gasteiger partial charge in [-0.05, 0) is 51.4 Å². The molecule has 1 aromatic heterocycles. The van der Waals surface area contributed by atoms with Crippen molar-refractivity contribution in [3.8, 4) is 0 Å². The molecule has 0 spiro atoms. The fourth-order valence-electron chi connectivity index (χ4n) is 3.40. The van der Waals surface area contributed by atoms with Gasteiger partial charge < -0.3 is 10.2 Å². The highest BCUT2D eigenvalue weighted by Gasteiger charge is 2.32. The van der Waals surface area contributed by atoms with E-state index < -0.39 is 5.97 Å². The van der Waals surface area contributed by atoms with E-state index in [-0.39, 0.29) is 23.6 Å². The number of aliphatic hydroxyl groups excluding tert-OH is 1. The van der Waals surface area contributed by atoms with Gasteiger partial charge in [0, 0.05) is 23.5 Å². The molecule has 0 aromatic carbocycles. The summed E-state index contributed by atoms with van der Waals surface area (Å²) < 4.78 is 0.729. The Morgan fingerprint density at radius 1 is 1.54 bits per heavy atom. The Hall–Kier alpha value is -1.44. The van der Waals surface area contributed by atoms with Crippen LogP contribution in [-0.4, -0.2) is 38.8 Å². The van der Waals surface area contributed by atoms with Crippen LogP contribution in [0.15, 0.2) is 34.0 Å². The number of hydrogen-bond donors (Lipinski definition) is 2. The van der Waals surface area contributed by atoms with Crippen molar-refractivity contribution < 1.29 is 19.8 Å². The predicted molar refractivity (Wildman–Crippen MR) is 114 cm³/mol. The summed E-state index contributed by atoms with van der Waals surface area (Å²) in [6.45, 7) is 5.88. The number of carbonyl (C=O) groups excluding carboxylic acids is 1. The zero-order valence-corrected chi connectivity index (χ0v) is 17.9. The summed E-state index contributed by atoms with van der Waals surface area (Å²) in [6.07, 6.45) is 9.34. The van der Waals surface area contributed by atoms with E-state index in [1.165, 1.54) is 23.1 Å². The lowest BCUT2D eigenvalue weighted by Crippen LogP contribution is -2.14. The number of carboxylic acids is 1. The van der Waals surface area contributed by atoms with Crippen LogP contribution in [0, 0.1) is 11.8 Å². The summed E-state index contributed by atoms with van der Waals surface area (Å²) in [5, 5.41) is 20.5. The molecule has 3 atom stereocenters. The van der Waals surface area contributed by atoms with Gasteiger partial charge in [-0.1, -0.05) is 29.5 Å². The minimum Gasteiger partial charge on any atom is -0.476 e. The van der Waals surface area contributed by atoms with Crippen LogP contribution >= 0.6 is 23.1 Å². The van der Waals surface area contributed by atoms with Crippen molar-refractivity contribution in [1.29, 1.82) is 0 Å². The predicted octanol–water partition coefficient (Wildman–Crippen LogP) is 4.97. The van der Waals surface area contributed by atoms with Gasteiger partial charge in [-0.2, -0.15) is 0 Å². The maximum atomic E-state index is 12.2. The first-order chi connectivity index (χ1) is 13.4. The van der Waals surface area contributed by atoms with E-state index in [1.807, 2.05) is 13.0 Å². The largest absolute Gasteiger partial charge is 0.476 e. The summed E-state index contributed by atoms with van der Waals surface area (Å²) in [6, 6.07) is 0. The van der Waals surface area contributed by atoms with Crippen LogP contribution in [0.3, 0.4) is 0 Å². The molecule has 2 N–H and O–H groups in total. The normalized spacial score (nSPS) is 20.7. The molecule has 1 saturated carbocycles. The number of aromatic nitrogens is 1. The van der Waals surface area contributed by atoms with E-state index in [2.05, 4.69) is 17.6 Å². The van der Waals surface area contributed by atoms with Crippen LogP contribution in [0.1, 0.15) is 62.4 Å². The third-order valence-corrected chi connectivity index (χ3v) is 7.00. The molecular weight excluding hydrogens is 394 g/mol.